The molecule has 88 valence electrons. The zero-order valence-electron chi connectivity index (χ0n) is 9.79. The zero-order valence-corrected chi connectivity index (χ0v) is 10.6. The van der Waals surface area contributed by atoms with Crippen molar-refractivity contribution in [3.05, 3.63) is 28.8 Å². The molecule has 2 nitrogen and oxygen atoms in total. The number of nitrogens with one attached hydrogen (secondary N) is 1. The van der Waals surface area contributed by atoms with Crippen LogP contribution in [0.15, 0.2) is 18.2 Å². The monoisotopic (exact) mass is 239 g/mol. The molecule has 0 heterocycles. The van der Waals surface area contributed by atoms with Gasteiger partial charge in [0.1, 0.15) is 5.75 Å². The fraction of sp³-hybridized carbons (Fsp3) is 0.538. The van der Waals surface area contributed by atoms with Gasteiger partial charge >= 0.3 is 0 Å². The van der Waals surface area contributed by atoms with Gasteiger partial charge in [0.05, 0.1) is 12.1 Å². The van der Waals surface area contributed by atoms with E-state index in [0.29, 0.717) is 10.9 Å². The van der Waals surface area contributed by atoms with Gasteiger partial charge in [-0.1, -0.05) is 24.6 Å². The van der Waals surface area contributed by atoms with Crippen molar-refractivity contribution in [2.45, 2.75) is 19.3 Å². The summed E-state index contributed by atoms with van der Waals surface area (Å²) >= 11 is 6.11. The molecule has 0 spiro atoms. The maximum atomic E-state index is 6.11. The number of ether oxygens (including phenoxy) is 1. The minimum Gasteiger partial charge on any atom is -0.495 e. The third kappa shape index (κ3) is 2.50. The van der Waals surface area contributed by atoms with E-state index in [2.05, 4.69) is 18.3 Å². The topological polar surface area (TPSA) is 21.3 Å². The van der Waals surface area contributed by atoms with Gasteiger partial charge in [0.2, 0.25) is 0 Å². The molecule has 1 N–H and O–H groups in total. The van der Waals surface area contributed by atoms with Gasteiger partial charge in [0.25, 0.3) is 0 Å². The summed E-state index contributed by atoms with van der Waals surface area (Å²) < 4.78 is 5.15. The molecule has 0 saturated heterocycles. The highest BCUT2D eigenvalue weighted by molar-refractivity contribution is 6.32. The Kier molecular flexibility index (Phi) is 3.72. The molecule has 1 aliphatic carbocycles. The van der Waals surface area contributed by atoms with E-state index in [1.165, 1.54) is 12.0 Å². The highest BCUT2D eigenvalue weighted by Gasteiger charge is 2.37. The van der Waals surface area contributed by atoms with Crippen molar-refractivity contribution >= 4 is 11.6 Å². The summed E-state index contributed by atoms with van der Waals surface area (Å²) in [6, 6.07) is 6.12. The maximum absolute atomic E-state index is 6.11. The normalized spacial score (nSPS) is 23.2. The molecule has 0 bridgehead atoms. The Morgan fingerprint density at radius 1 is 1.50 bits per heavy atom. The van der Waals surface area contributed by atoms with Gasteiger partial charge in [0.15, 0.2) is 0 Å². The van der Waals surface area contributed by atoms with Crippen LogP contribution in [0.1, 0.15) is 24.8 Å². The predicted molar refractivity (Wildman–Crippen MR) is 67.4 cm³/mol. The molecule has 0 radical (unpaired) electrons. The van der Waals surface area contributed by atoms with Crippen molar-refractivity contribution < 1.29 is 4.74 Å². The lowest BCUT2D eigenvalue weighted by atomic mass is 10.1. The lowest BCUT2D eigenvalue weighted by Crippen LogP contribution is -2.16. The van der Waals surface area contributed by atoms with E-state index < -0.39 is 0 Å². The average molecular weight is 240 g/mol. The summed E-state index contributed by atoms with van der Waals surface area (Å²) in [7, 11) is 1.64. The average Bonchev–Trinajstić information content (AvgIpc) is 3.05. The van der Waals surface area contributed by atoms with Gasteiger partial charge in [-0.25, -0.2) is 0 Å². The van der Waals surface area contributed by atoms with Gasteiger partial charge in [0, 0.05) is 0 Å². The van der Waals surface area contributed by atoms with Crippen molar-refractivity contribution in [2.75, 3.05) is 20.2 Å². The van der Waals surface area contributed by atoms with Crippen LogP contribution in [0.2, 0.25) is 5.02 Å². The number of hydrogen-bond donors (Lipinski definition) is 1. The van der Waals surface area contributed by atoms with Crippen molar-refractivity contribution in [3.63, 3.8) is 0 Å². The standard InChI is InChI=1S/C13H18ClNO/c1-3-15-8-10-6-11(10)9-4-5-13(16-2)12(14)7-9/h4-5,7,10-11,15H,3,6,8H2,1-2H3. The molecule has 0 amide bonds. The molecule has 2 rings (SSSR count). The second-order valence-corrected chi connectivity index (χ2v) is 4.71. The molecule has 1 fully saturated rings. The molecule has 1 saturated carbocycles. The SMILES string of the molecule is CCNCC1CC1c1ccc(OC)c(Cl)c1. The number of halogens is 1. The van der Waals surface area contributed by atoms with Gasteiger partial charge in [-0.15, -0.1) is 0 Å². The van der Waals surface area contributed by atoms with Gasteiger partial charge in [-0.05, 0) is 49.0 Å². The Labute approximate surface area is 102 Å². The van der Waals surface area contributed by atoms with Crippen LogP contribution in [0.25, 0.3) is 0 Å². The number of rotatable bonds is 5. The Balaban J connectivity index is 1.99. The molecule has 1 aromatic carbocycles. The van der Waals surface area contributed by atoms with Crippen LogP contribution in [0.5, 0.6) is 5.75 Å². The zero-order chi connectivity index (χ0) is 11.5. The van der Waals surface area contributed by atoms with Crippen molar-refractivity contribution in [1.29, 1.82) is 0 Å². The summed E-state index contributed by atoms with van der Waals surface area (Å²) in [5, 5.41) is 4.11. The molecule has 0 aliphatic heterocycles. The first kappa shape index (κ1) is 11.7. The Hall–Kier alpha value is -0.730. The minimum absolute atomic E-state index is 0.683. The number of benzene rings is 1. The van der Waals surface area contributed by atoms with Gasteiger partial charge in [-0.3, -0.25) is 0 Å². The lowest BCUT2D eigenvalue weighted by molar-refractivity contribution is 0.415. The van der Waals surface area contributed by atoms with Crippen molar-refractivity contribution in [3.8, 4) is 5.75 Å². The van der Waals surface area contributed by atoms with Crippen LogP contribution >= 0.6 is 11.6 Å². The second-order valence-electron chi connectivity index (χ2n) is 4.30. The van der Waals surface area contributed by atoms with Gasteiger partial charge < -0.3 is 10.1 Å². The van der Waals surface area contributed by atoms with Crippen molar-refractivity contribution in [1.82, 2.24) is 5.32 Å². The third-order valence-electron chi connectivity index (χ3n) is 3.18. The molecule has 0 aromatic heterocycles. The molecular weight excluding hydrogens is 222 g/mol. The predicted octanol–water partition coefficient (Wildman–Crippen LogP) is 3.06. The van der Waals surface area contributed by atoms with E-state index in [1.54, 1.807) is 7.11 Å². The Bertz CT molecular complexity index is 367. The quantitative estimate of drug-likeness (QED) is 0.853. The molecular formula is C13H18ClNO. The largest absolute Gasteiger partial charge is 0.495 e. The second kappa shape index (κ2) is 5.07. The summed E-state index contributed by atoms with van der Waals surface area (Å²) in [6.07, 6.45) is 1.27. The van der Waals surface area contributed by atoms with Crippen molar-refractivity contribution in [2.24, 2.45) is 5.92 Å². The molecule has 1 aromatic rings. The minimum atomic E-state index is 0.683. The number of methoxy groups -OCH3 is 1. The Morgan fingerprint density at radius 3 is 2.94 bits per heavy atom. The highest BCUT2D eigenvalue weighted by Crippen LogP contribution is 2.48. The van der Waals surface area contributed by atoms with E-state index >= 15 is 0 Å². The summed E-state index contributed by atoms with van der Waals surface area (Å²) in [5.41, 5.74) is 1.34. The Morgan fingerprint density at radius 2 is 2.31 bits per heavy atom. The lowest BCUT2D eigenvalue weighted by Gasteiger charge is -2.06. The summed E-state index contributed by atoms with van der Waals surface area (Å²) in [4.78, 5) is 0. The molecule has 2 atom stereocenters. The molecule has 2 unspecified atom stereocenters. The molecule has 3 heteroatoms. The first-order valence-electron chi connectivity index (χ1n) is 5.80. The van der Waals surface area contributed by atoms with Crippen LogP contribution in [0.4, 0.5) is 0 Å². The van der Waals surface area contributed by atoms with E-state index in [-0.39, 0.29) is 0 Å². The summed E-state index contributed by atoms with van der Waals surface area (Å²) in [5.74, 6) is 2.22. The van der Waals surface area contributed by atoms with Gasteiger partial charge in [-0.2, -0.15) is 0 Å². The van der Waals surface area contributed by atoms with Crippen LogP contribution in [-0.4, -0.2) is 20.2 Å². The van der Waals surface area contributed by atoms with Crippen LogP contribution in [-0.2, 0) is 0 Å². The highest BCUT2D eigenvalue weighted by atomic mass is 35.5. The third-order valence-corrected chi connectivity index (χ3v) is 3.48. The van der Waals surface area contributed by atoms with Crippen LogP contribution in [0.3, 0.4) is 0 Å². The fourth-order valence-electron chi connectivity index (χ4n) is 2.12. The summed E-state index contributed by atoms with van der Waals surface area (Å²) in [6.45, 7) is 4.30. The first-order chi connectivity index (χ1) is 7.76. The fourth-order valence-corrected chi connectivity index (χ4v) is 2.39. The van der Waals surface area contributed by atoms with E-state index in [1.807, 2.05) is 12.1 Å². The smallest absolute Gasteiger partial charge is 0.137 e. The van der Waals surface area contributed by atoms with E-state index in [0.717, 1.165) is 24.8 Å². The van der Waals surface area contributed by atoms with Crippen LogP contribution in [0, 0.1) is 5.92 Å². The molecule has 1 aliphatic rings. The first-order valence-corrected chi connectivity index (χ1v) is 6.18. The number of hydrogen-bond acceptors (Lipinski definition) is 2. The van der Waals surface area contributed by atoms with E-state index in [4.69, 9.17) is 16.3 Å². The van der Waals surface area contributed by atoms with E-state index in [9.17, 15) is 0 Å². The maximum Gasteiger partial charge on any atom is 0.137 e. The van der Waals surface area contributed by atoms with Crippen LogP contribution < -0.4 is 10.1 Å². The molecule has 16 heavy (non-hydrogen) atoms.